The minimum absolute atomic E-state index is 0.0221. The molecule has 0 aliphatic heterocycles. The SMILES string of the molecule is CC(C)(C)OC(=O)NCCNC(=O)c1c(F)ccc(N)c1F. The molecule has 0 saturated heterocycles. The molecule has 2 amide bonds. The van der Waals surface area contributed by atoms with Crippen LogP contribution in [0.1, 0.15) is 31.1 Å². The van der Waals surface area contributed by atoms with Crippen molar-refractivity contribution in [2.24, 2.45) is 0 Å². The van der Waals surface area contributed by atoms with Gasteiger partial charge in [-0.05, 0) is 32.9 Å². The van der Waals surface area contributed by atoms with Gasteiger partial charge in [0.2, 0.25) is 0 Å². The topological polar surface area (TPSA) is 93.5 Å². The summed E-state index contributed by atoms with van der Waals surface area (Å²) in [5.74, 6) is -3.07. The van der Waals surface area contributed by atoms with Crippen LogP contribution in [0.3, 0.4) is 0 Å². The predicted octanol–water partition coefficient (Wildman–Crippen LogP) is 1.80. The standard InChI is InChI=1S/C14H19F2N3O3/c1-14(2,3)22-13(21)19-7-6-18-12(20)10-8(15)4-5-9(17)11(10)16/h4-5H,6-7,17H2,1-3H3,(H,18,20)(H,19,21). The molecule has 0 saturated carbocycles. The zero-order chi connectivity index (χ0) is 16.9. The number of ether oxygens (including phenoxy) is 1. The maximum absolute atomic E-state index is 13.6. The molecule has 122 valence electrons. The Hall–Kier alpha value is -2.38. The van der Waals surface area contributed by atoms with Gasteiger partial charge in [0.05, 0.1) is 5.69 Å². The smallest absolute Gasteiger partial charge is 0.407 e. The van der Waals surface area contributed by atoms with Crippen LogP contribution >= 0.6 is 0 Å². The van der Waals surface area contributed by atoms with Crippen LogP contribution in [0.15, 0.2) is 12.1 Å². The van der Waals surface area contributed by atoms with Crippen molar-refractivity contribution in [2.45, 2.75) is 26.4 Å². The molecule has 0 radical (unpaired) electrons. The van der Waals surface area contributed by atoms with Crippen molar-refractivity contribution >= 4 is 17.7 Å². The Morgan fingerprint density at radius 3 is 2.36 bits per heavy atom. The lowest BCUT2D eigenvalue weighted by molar-refractivity contribution is 0.0526. The molecule has 0 aromatic heterocycles. The lowest BCUT2D eigenvalue weighted by Crippen LogP contribution is -2.38. The number of nitrogen functional groups attached to an aromatic ring is 1. The summed E-state index contributed by atoms with van der Waals surface area (Å²) in [7, 11) is 0. The van der Waals surface area contributed by atoms with E-state index in [1.54, 1.807) is 20.8 Å². The second-order valence-electron chi connectivity index (χ2n) is 5.51. The van der Waals surface area contributed by atoms with Crippen molar-refractivity contribution < 1.29 is 23.1 Å². The fraction of sp³-hybridized carbons (Fsp3) is 0.429. The monoisotopic (exact) mass is 315 g/mol. The van der Waals surface area contributed by atoms with Gasteiger partial charge in [-0.3, -0.25) is 4.79 Å². The molecule has 1 aromatic carbocycles. The summed E-state index contributed by atoms with van der Waals surface area (Å²) in [5.41, 5.74) is 3.57. The van der Waals surface area contributed by atoms with Crippen LogP contribution in [0.5, 0.6) is 0 Å². The fourth-order valence-electron chi connectivity index (χ4n) is 1.52. The number of hydrogen-bond acceptors (Lipinski definition) is 4. The molecule has 6 nitrogen and oxygen atoms in total. The van der Waals surface area contributed by atoms with Crippen LogP contribution in [0.2, 0.25) is 0 Å². The highest BCUT2D eigenvalue weighted by atomic mass is 19.1. The third-order valence-corrected chi connectivity index (χ3v) is 2.43. The first-order valence-corrected chi connectivity index (χ1v) is 6.60. The van der Waals surface area contributed by atoms with Crippen LogP contribution < -0.4 is 16.4 Å². The minimum Gasteiger partial charge on any atom is -0.444 e. The van der Waals surface area contributed by atoms with E-state index in [0.29, 0.717) is 0 Å². The number of halogens is 2. The molecule has 0 unspecified atom stereocenters. The van der Waals surface area contributed by atoms with Gasteiger partial charge in [-0.25, -0.2) is 13.6 Å². The zero-order valence-corrected chi connectivity index (χ0v) is 12.6. The largest absolute Gasteiger partial charge is 0.444 e. The van der Waals surface area contributed by atoms with Gasteiger partial charge in [-0.15, -0.1) is 0 Å². The zero-order valence-electron chi connectivity index (χ0n) is 12.6. The van der Waals surface area contributed by atoms with E-state index >= 15 is 0 Å². The van der Waals surface area contributed by atoms with Gasteiger partial charge < -0.3 is 21.1 Å². The summed E-state index contributed by atoms with van der Waals surface area (Å²) in [5, 5.41) is 4.68. The number of rotatable bonds is 4. The Morgan fingerprint density at radius 2 is 1.77 bits per heavy atom. The minimum atomic E-state index is -1.11. The number of benzene rings is 1. The average molecular weight is 315 g/mol. The summed E-state index contributed by atoms with van der Waals surface area (Å²) in [6.45, 7) is 5.15. The molecule has 0 spiro atoms. The summed E-state index contributed by atoms with van der Waals surface area (Å²) in [6.07, 6.45) is -0.650. The van der Waals surface area contributed by atoms with Gasteiger partial charge in [-0.2, -0.15) is 0 Å². The van der Waals surface area contributed by atoms with Crippen molar-refractivity contribution in [3.63, 3.8) is 0 Å². The first-order chi connectivity index (χ1) is 10.1. The van der Waals surface area contributed by atoms with Crippen LogP contribution in [0, 0.1) is 11.6 Å². The molecule has 8 heteroatoms. The first-order valence-electron chi connectivity index (χ1n) is 6.60. The Balaban J connectivity index is 2.48. The van der Waals surface area contributed by atoms with Crippen LogP contribution in [-0.2, 0) is 4.74 Å². The molecule has 0 fully saturated rings. The van der Waals surface area contributed by atoms with E-state index in [1.165, 1.54) is 0 Å². The van der Waals surface area contributed by atoms with Crippen LogP contribution in [0.4, 0.5) is 19.3 Å². The Labute approximate surface area is 127 Å². The van der Waals surface area contributed by atoms with Crippen molar-refractivity contribution in [2.75, 3.05) is 18.8 Å². The van der Waals surface area contributed by atoms with Gasteiger partial charge in [0.1, 0.15) is 17.0 Å². The fourth-order valence-corrected chi connectivity index (χ4v) is 1.52. The second kappa shape index (κ2) is 7.06. The number of nitrogens with two attached hydrogens (primary N) is 1. The Bertz CT molecular complexity index is 571. The van der Waals surface area contributed by atoms with E-state index in [1.807, 2.05) is 0 Å². The quantitative estimate of drug-likeness (QED) is 0.583. The lowest BCUT2D eigenvalue weighted by atomic mass is 10.1. The first kappa shape index (κ1) is 17.7. The van der Waals surface area contributed by atoms with Gasteiger partial charge in [0.15, 0.2) is 5.82 Å². The van der Waals surface area contributed by atoms with E-state index in [0.717, 1.165) is 12.1 Å². The normalized spacial score (nSPS) is 11.0. The van der Waals surface area contributed by atoms with Crippen molar-refractivity contribution in [1.82, 2.24) is 10.6 Å². The molecular formula is C14H19F2N3O3. The van der Waals surface area contributed by atoms with Gasteiger partial charge in [0, 0.05) is 13.1 Å². The number of hydrogen-bond donors (Lipinski definition) is 3. The number of amides is 2. The summed E-state index contributed by atoms with van der Waals surface area (Å²) < 4.78 is 32.1. The molecule has 0 bridgehead atoms. The third kappa shape index (κ3) is 5.19. The Morgan fingerprint density at radius 1 is 1.18 bits per heavy atom. The molecule has 1 rings (SSSR count). The van der Waals surface area contributed by atoms with Crippen LogP contribution in [-0.4, -0.2) is 30.7 Å². The maximum Gasteiger partial charge on any atom is 0.407 e. The molecule has 0 atom stereocenters. The van der Waals surface area contributed by atoms with Gasteiger partial charge in [0.25, 0.3) is 5.91 Å². The van der Waals surface area contributed by atoms with E-state index in [-0.39, 0.29) is 18.8 Å². The predicted molar refractivity (Wildman–Crippen MR) is 77.3 cm³/mol. The molecule has 0 heterocycles. The molecule has 4 N–H and O–H groups in total. The highest BCUT2D eigenvalue weighted by Gasteiger charge is 2.19. The number of carbonyl (C=O) groups is 2. The second-order valence-corrected chi connectivity index (χ2v) is 5.51. The van der Waals surface area contributed by atoms with Crippen molar-refractivity contribution in [3.05, 3.63) is 29.3 Å². The lowest BCUT2D eigenvalue weighted by Gasteiger charge is -2.19. The average Bonchev–Trinajstić information content (AvgIpc) is 2.37. The molecule has 0 aliphatic carbocycles. The van der Waals surface area contributed by atoms with Gasteiger partial charge >= 0.3 is 6.09 Å². The number of alkyl carbamates (subject to hydrolysis) is 1. The van der Waals surface area contributed by atoms with Crippen molar-refractivity contribution in [1.29, 1.82) is 0 Å². The highest BCUT2D eigenvalue weighted by molar-refractivity contribution is 5.95. The van der Waals surface area contributed by atoms with Crippen molar-refractivity contribution in [3.8, 4) is 0 Å². The molecule has 1 aromatic rings. The number of anilines is 1. The number of carbonyl (C=O) groups excluding carboxylic acids is 2. The van der Waals surface area contributed by atoms with Crippen LogP contribution in [0.25, 0.3) is 0 Å². The molecular weight excluding hydrogens is 296 g/mol. The number of nitrogens with one attached hydrogen (secondary N) is 2. The van der Waals surface area contributed by atoms with E-state index < -0.39 is 34.8 Å². The molecule has 22 heavy (non-hydrogen) atoms. The summed E-state index contributed by atoms with van der Waals surface area (Å²) in [6, 6.07) is 1.94. The van der Waals surface area contributed by atoms with Gasteiger partial charge in [-0.1, -0.05) is 0 Å². The third-order valence-electron chi connectivity index (χ3n) is 2.43. The Kier molecular flexibility index (Phi) is 5.67. The molecule has 0 aliphatic rings. The van der Waals surface area contributed by atoms with E-state index in [2.05, 4.69) is 10.6 Å². The summed E-state index contributed by atoms with van der Waals surface area (Å²) >= 11 is 0. The van der Waals surface area contributed by atoms with E-state index in [9.17, 15) is 18.4 Å². The highest BCUT2D eigenvalue weighted by Crippen LogP contribution is 2.18. The maximum atomic E-state index is 13.6. The summed E-state index contributed by atoms with van der Waals surface area (Å²) in [4.78, 5) is 23.1. The van der Waals surface area contributed by atoms with E-state index in [4.69, 9.17) is 10.5 Å².